The Morgan fingerprint density at radius 2 is 2.00 bits per heavy atom. The molecule has 2 rings (SSSR count). The molecule has 19 heavy (non-hydrogen) atoms. The summed E-state index contributed by atoms with van der Waals surface area (Å²) in [6.07, 6.45) is 2.09. The number of likely N-dealkylation sites (tertiary alicyclic amines) is 1. The number of β-amino-alcohol motifs (C(OH)–C–C–N with tert-alkyl or cyclic N) is 1. The van der Waals surface area contributed by atoms with Crippen molar-refractivity contribution in [2.75, 3.05) is 26.7 Å². The van der Waals surface area contributed by atoms with Crippen LogP contribution < -0.4 is 4.74 Å². The van der Waals surface area contributed by atoms with Gasteiger partial charge in [0.2, 0.25) is 0 Å². The van der Waals surface area contributed by atoms with Crippen LogP contribution in [0.5, 0.6) is 5.75 Å². The highest BCUT2D eigenvalue weighted by atomic mass is 16.5. The number of aliphatic hydroxyl groups is 1. The SMILES string of the molecule is COc1ccc(C(O)CN2CCCC(C)(C)C2)cc1. The van der Waals surface area contributed by atoms with Crippen molar-refractivity contribution in [2.45, 2.75) is 32.8 Å². The molecule has 0 radical (unpaired) electrons. The summed E-state index contributed by atoms with van der Waals surface area (Å²) in [6, 6.07) is 7.69. The average Bonchev–Trinajstić information content (AvgIpc) is 2.37. The van der Waals surface area contributed by atoms with Gasteiger partial charge in [0.05, 0.1) is 13.2 Å². The van der Waals surface area contributed by atoms with E-state index in [1.54, 1.807) is 7.11 Å². The van der Waals surface area contributed by atoms with Gasteiger partial charge in [-0.25, -0.2) is 0 Å². The average molecular weight is 263 g/mol. The summed E-state index contributed by atoms with van der Waals surface area (Å²) >= 11 is 0. The zero-order valence-corrected chi connectivity index (χ0v) is 12.2. The summed E-state index contributed by atoms with van der Waals surface area (Å²) in [5.74, 6) is 0.829. The minimum absolute atomic E-state index is 0.373. The lowest BCUT2D eigenvalue weighted by Gasteiger charge is -2.38. The zero-order chi connectivity index (χ0) is 13.9. The first kappa shape index (κ1) is 14.4. The molecule has 0 bridgehead atoms. The number of hydrogen-bond donors (Lipinski definition) is 1. The molecule has 1 heterocycles. The maximum Gasteiger partial charge on any atom is 0.118 e. The zero-order valence-electron chi connectivity index (χ0n) is 12.2. The molecule has 3 nitrogen and oxygen atoms in total. The van der Waals surface area contributed by atoms with Crippen molar-refractivity contribution in [1.82, 2.24) is 4.90 Å². The molecule has 3 heteroatoms. The van der Waals surface area contributed by atoms with E-state index >= 15 is 0 Å². The lowest BCUT2D eigenvalue weighted by molar-refractivity contribution is 0.0598. The van der Waals surface area contributed by atoms with Crippen LogP contribution in [-0.4, -0.2) is 36.8 Å². The van der Waals surface area contributed by atoms with Crippen molar-refractivity contribution >= 4 is 0 Å². The van der Waals surface area contributed by atoms with Gasteiger partial charge in [-0.15, -0.1) is 0 Å². The number of hydrogen-bond acceptors (Lipinski definition) is 3. The largest absolute Gasteiger partial charge is 0.497 e. The highest BCUT2D eigenvalue weighted by molar-refractivity contribution is 5.28. The van der Waals surface area contributed by atoms with Crippen LogP contribution in [0.15, 0.2) is 24.3 Å². The number of benzene rings is 1. The van der Waals surface area contributed by atoms with E-state index in [9.17, 15) is 5.11 Å². The van der Waals surface area contributed by atoms with Crippen LogP contribution in [-0.2, 0) is 0 Å². The molecule has 0 saturated carbocycles. The molecule has 0 aromatic heterocycles. The first-order chi connectivity index (χ1) is 9.00. The molecule has 0 spiro atoms. The maximum absolute atomic E-state index is 10.3. The van der Waals surface area contributed by atoms with Crippen LogP contribution in [0.2, 0.25) is 0 Å². The summed E-state index contributed by atoms with van der Waals surface area (Å²) < 4.78 is 5.13. The van der Waals surface area contributed by atoms with Crippen LogP contribution in [0.3, 0.4) is 0 Å². The monoisotopic (exact) mass is 263 g/mol. The lowest BCUT2D eigenvalue weighted by Crippen LogP contribution is -2.41. The molecular weight excluding hydrogens is 238 g/mol. The summed E-state index contributed by atoms with van der Waals surface area (Å²) in [4.78, 5) is 2.37. The number of nitrogens with zero attached hydrogens (tertiary/aromatic N) is 1. The van der Waals surface area contributed by atoms with Gasteiger partial charge in [0, 0.05) is 13.1 Å². The second kappa shape index (κ2) is 5.93. The summed E-state index contributed by atoms with van der Waals surface area (Å²) in [6.45, 7) is 7.49. The Morgan fingerprint density at radius 3 is 2.58 bits per heavy atom. The predicted molar refractivity (Wildman–Crippen MR) is 77.4 cm³/mol. The molecule has 106 valence electrons. The second-order valence-electron chi connectivity index (χ2n) is 6.29. The molecule has 1 aliphatic heterocycles. The Morgan fingerprint density at radius 1 is 1.32 bits per heavy atom. The number of rotatable bonds is 4. The number of piperidine rings is 1. The third-order valence-corrected chi connectivity index (χ3v) is 3.91. The fraction of sp³-hybridized carbons (Fsp3) is 0.625. The van der Waals surface area contributed by atoms with Gasteiger partial charge < -0.3 is 9.84 Å². The van der Waals surface area contributed by atoms with Crippen LogP contribution in [0, 0.1) is 5.41 Å². The second-order valence-corrected chi connectivity index (χ2v) is 6.29. The number of ether oxygens (including phenoxy) is 1. The topological polar surface area (TPSA) is 32.7 Å². The van der Waals surface area contributed by atoms with Crippen LogP contribution in [0.4, 0.5) is 0 Å². The molecule has 1 saturated heterocycles. The normalized spacial score (nSPS) is 21.1. The van der Waals surface area contributed by atoms with Gasteiger partial charge in [0.1, 0.15) is 5.75 Å². The number of aliphatic hydroxyl groups excluding tert-OH is 1. The summed E-state index contributed by atoms with van der Waals surface area (Å²) in [5, 5.41) is 10.3. The Bertz CT molecular complexity index is 400. The van der Waals surface area contributed by atoms with Crippen molar-refractivity contribution in [1.29, 1.82) is 0 Å². The standard InChI is InChI=1S/C16H25NO2/c1-16(2)9-4-10-17(12-16)11-15(18)13-5-7-14(19-3)8-6-13/h5-8,15,18H,4,9-12H2,1-3H3. The van der Waals surface area contributed by atoms with Gasteiger partial charge in [-0.2, -0.15) is 0 Å². The van der Waals surface area contributed by atoms with Crippen LogP contribution in [0.25, 0.3) is 0 Å². The van der Waals surface area contributed by atoms with E-state index in [-0.39, 0.29) is 0 Å². The summed E-state index contributed by atoms with van der Waals surface area (Å²) in [7, 11) is 1.65. The third-order valence-electron chi connectivity index (χ3n) is 3.91. The molecule has 1 unspecified atom stereocenters. The molecule has 1 atom stereocenters. The molecule has 1 aromatic rings. The van der Waals surface area contributed by atoms with Gasteiger partial charge in [-0.1, -0.05) is 26.0 Å². The first-order valence-electron chi connectivity index (χ1n) is 7.04. The van der Waals surface area contributed by atoms with Gasteiger partial charge >= 0.3 is 0 Å². The van der Waals surface area contributed by atoms with Gasteiger partial charge in [0.15, 0.2) is 0 Å². The van der Waals surface area contributed by atoms with Crippen LogP contribution >= 0.6 is 0 Å². The predicted octanol–water partition coefficient (Wildman–Crippen LogP) is 2.85. The molecule has 1 aromatic carbocycles. The number of methoxy groups -OCH3 is 1. The van der Waals surface area contributed by atoms with Gasteiger partial charge in [-0.3, -0.25) is 4.90 Å². The highest BCUT2D eigenvalue weighted by Crippen LogP contribution is 2.29. The van der Waals surface area contributed by atoms with E-state index in [0.29, 0.717) is 5.41 Å². The smallest absolute Gasteiger partial charge is 0.118 e. The highest BCUT2D eigenvalue weighted by Gasteiger charge is 2.27. The van der Waals surface area contributed by atoms with Gasteiger partial charge in [-0.05, 0) is 42.5 Å². The van der Waals surface area contributed by atoms with E-state index in [1.807, 2.05) is 24.3 Å². The van der Waals surface area contributed by atoms with Crippen molar-refractivity contribution in [3.05, 3.63) is 29.8 Å². The molecule has 0 aliphatic carbocycles. The van der Waals surface area contributed by atoms with Crippen molar-refractivity contribution in [2.24, 2.45) is 5.41 Å². The Labute approximate surface area is 116 Å². The molecule has 0 amide bonds. The van der Waals surface area contributed by atoms with E-state index < -0.39 is 6.10 Å². The maximum atomic E-state index is 10.3. The molecule has 1 aliphatic rings. The Hall–Kier alpha value is -1.06. The Balaban J connectivity index is 1.94. The van der Waals surface area contributed by atoms with E-state index in [2.05, 4.69) is 18.7 Å². The Kier molecular flexibility index (Phi) is 4.48. The van der Waals surface area contributed by atoms with Crippen LogP contribution in [0.1, 0.15) is 38.4 Å². The fourth-order valence-corrected chi connectivity index (χ4v) is 2.88. The molecule has 1 N–H and O–H groups in total. The van der Waals surface area contributed by atoms with Crippen molar-refractivity contribution in [3.8, 4) is 5.75 Å². The van der Waals surface area contributed by atoms with Gasteiger partial charge in [0.25, 0.3) is 0 Å². The fourth-order valence-electron chi connectivity index (χ4n) is 2.88. The van der Waals surface area contributed by atoms with E-state index in [0.717, 1.165) is 30.9 Å². The minimum atomic E-state index is -0.417. The van der Waals surface area contributed by atoms with Crippen molar-refractivity contribution < 1.29 is 9.84 Å². The first-order valence-corrected chi connectivity index (χ1v) is 7.04. The van der Waals surface area contributed by atoms with E-state index in [1.165, 1.54) is 12.8 Å². The minimum Gasteiger partial charge on any atom is -0.497 e. The molecular formula is C16H25NO2. The lowest BCUT2D eigenvalue weighted by atomic mass is 9.84. The quantitative estimate of drug-likeness (QED) is 0.906. The third kappa shape index (κ3) is 3.95. The molecule has 1 fully saturated rings. The summed E-state index contributed by atoms with van der Waals surface area (Å²) in [5.41, 5.74) is 1.34. The van der Waals surface area contributed by atoms with E-state index in [4.69, 9.17) is 4.74 Å². The van der Waals surface area contributed by atoms with Crippen molar-refractivity contribution in [3.63, 3.8) is 0 Å².